The number of ether oxygens (including phenoxy) is 5. The highest BCUT2D eigenvalue weighted by Crippen LogP contribution is 2.49. The van der Waals surface area contributed by atoms with E-state index < -0.39 is 41.7 Å². The number of fused-ring (bicyclic) bond motifs is 1. The first-order chi connectivity index (χ1) is 24.0. The van der Waals surface area contributed by atoms with Crippen LogP contribution in [0.3, 0.4) is 0 Å². The second-order valence-electron chi connectivity index (χ2n) is 14.9. The lowest BCUT2D eigenvalue weighted by Crippen LogP contribution is -2.59. The summed E-state index contributed by atoms with van der Waals surface area (Å²) in [6.07, 6.45) is -1.56. The Morgan fingerprint density at radius 3 is 2.26 bits per heavy atom. The summed E-state index contributed by atoms with van der Waals surface area (Å²) in [6, 6.07) is 17.4. The molecule has 1 saturated carbocycles. The molecule has 2 aromatic rings. The molecule has 3 amide bonds. The quantitative estimate of drug-likeness (QED) is 0.230. The summed E-state index contributed by atoms with van der Waals surface area (Å²) >= 11 is 0. The minimum absolute atomic E-state index is 0.0424. The summed E-state index contributed by atoms with van der Waals surface area (Å²) in [5, 5.41) is 19.1. The SMILES string of the molecule is CC(C)(C)C(NC(=O)OC1CCOC1)C(=O)NN(Cc1ccccc1)CC(O)C(Cc1ccccc1)NC(=O)OC1C2COC3OCC1C3C2. The van der Waals surface area contributed by atoms with Gasteiger partial charge in [-0.2, -0.15) is 0 Å². The van der Waals surface area contributed by atoms with Crippen LogP contribution in [0.2, 0.25) is 0 Å². The van der Waals surface area contributed by atoms with Crippen LogP contribution in [-0.4, -0.2) is 97.9 Å². The van der Waals surface area contributed by atoms with Crippen molar-refractivity contribution in [2.75, 3.05) is 33.0 Å². The number of benzene rings is 2. The third-order valence-corrected chi connectivity index (χ3v) is 10.0. The van der Waals surface area contributed by atoms with Crippen LogP contribution in [0.4, 0.5) is 9.59 Å². The fourth-order valence-corrected chi connectivity index (χ4v) is 7.42. The van der Waals surface area contributed by atoms with Gasteiger partial charge in [0.05, 0.1) is 38.6 Å². The zero-order valence-electron chi connectivity index (χ0n) is 29.0. The van der Waals surface area contributed by atoms with Gasteiger partial charge in [-0.05, 0) is 29.4 Å². The van der Waals surface area contributed by atoms with Gasteiger partial charge in [0.2, 0.25) is 0 Å². The molecule has 9 atom stereocenters. The molecule has 2 bridgehead atoms. The van der Waals surface area contributed by atoms with Crippen LogP contribution >= 0.6 is 0 Å². The van der Waals surface area contributed by atoms with Gasteiger partial charge in [-0.3, -0.25) is 10.2 Å². The van der Waals surface area contributed by atoms with E-state index in [0.717, 1.165) is 17.5 Å². The molecule has 3 heterocycles. The number of aliphatic hydroxyl groups excluding tert-OH is 1. The normalized spacial score (nSPS) is 27.3. The number of hydrogen-bond donors (Lipinski definition) is 4. The molecule has 4 aliphatic rings. The summed E-state index contributed by atoms with van der Waals surface area (Å²) in [6.45, 7) is 7.56. The summed E-state index contributed by atoms with van der Waals surface area (Å²) in [5.74, 6) is -0.0603. The van der Waals surface area contributed by atoms with E-state index in [4.69, 9.17) is 23.7 Å². The Balaban J connectivity index is 1.16. The van der Waals surface area contributed by atoms with Crippen molar-refractivity contribution in [3.63, 3.8) is 0 Å². The second kappa shape index (κ2) is 16.1. The number of hydrazine groups is 1. The van der Waals surface area contributed by atoms with Crippen molar-refractivity contribution in [2.45, 2.75) is 83.3 Å². The standard InChI is InChI=1S/C37H50N4O9/c1-37(2,3)32(39-36(45)49-26-14-15-46-21-26)33(43)40-41(18-24-12-8-5-9-13-24)19-30(42)29(16-23-10-6-4-7-11-23)38-35(44)50-31-25-17-27-28(31)22-48-34(27)47-20-25/h4-13,25-32,34,42H,14-22H2,1-3H3,(H,38,44)(H,39,45)(H,40,43). The molecule has 0 aromatic heterocycles. The number of nitrogens with one attached hydrogen (secondary N) is 3. The monoisotopic (exact) mass is 694 g/mol. The fourth-order valence-electron chi connectivity index (χ4n) is 7.42. The number of hydrogen-bond acceptors (Lipinski definition) is 10. The minimum Gasteiger partial charge on any atom is -0.445 e. The Morgan fingerprint density at radius 1 is 0.900 bits per heavy atom. The van der Waals surface area contributed by atoms with Crippen LogP contribution in [0.5, 0.6) is 0 Å². The zero-order valence-corrected chi connectivity index (χ0v) is 29.0. The maximum atomic E-state index is 13.9. The molecule has 3 saturated heterocycles. The van der Waals surface area contributed by atoms with E-state index in [-0.39, 0.29) is 49.3 Å². The minimum atomic E-state index is -1.13. The van der Waals surface area contributed by atoms with Crippen molar-refractivity contribution < 1.29 is 43.2 Å². The molecular weight excluding hydrogens is 644 g/mol. The van der Waals surface area contributed by atoms with Crippen LogP contribution in [0.15, 0.2) is 60.7 Å². The third-order valence-electron chi connectivity index (χ3n) is 10.0. The molecule has 272 valence electrons. The number of amides is 3. The molecule has 0 spiro atoms. The van der Waals surface area contributed by atoms with E-state index in [1.54, 1.807) is 5.01 Å². The molecule has 0 radical (unpaired) electrons. The number of carbonyl (C=O) groups is 3. The number of alkyl carbamates (subject to hydrolysis) is 2. The van der Waals surface area contributed by atoms with Crippen LogP contribution in [0.1, 0.15) is 44.7 Å². The van der Waals surface area contributed by atoms with Gasteiger partial charge in [0.1, 0.15) is 18.2 Å². The Labute approximate surface area is 293 Å². The van der Waals surface area contributed by atoms with Crippen LogP contribution in [0.25, 0.3) is 0 Å². The fraction of sp³-hybridized carbons (Fsp3) is 0.595. The Morgan fingerprint density at radius 2 is 1.58 bits per heavy atom. The van der Waals surface area contributed by atoms with Crippen molar-refractivity contribution in [1.29, 1.82) is 0 Å². The van der Waals surface area contributed by atoms with E-state index >= 15 is 0 Å². The van der Waals surface area contributed by atoms with E-state index in [9.17, 15) is 19.5 Å². The van der Waals surface area contributed by atoms with Gasteiger partial charge in [-0.25, -0.2) is 14.6 Å². The lowest BCUT2D eigenvalue weighted by molar-refractivity contribution is -0.169. The molecular formula is C37H50N4O9. The average molecular weight is 695 g/mol. The first kappa shape index (κ1) is 36.1. The Bertz CT molecular complexity index is 1440. The lowest BCUT2D eigenvalue weighted by atomic mass is 9.86. The molecule has 6 rings (SSSR count). The van der Waals surface area contributed by atoms with Gasteiger partial charge < -0.3 is 39.4 Å². The third kappa shape index (κ3) is 9.12. The second-order valence-corrected chi connectivity index (χ2v) is 14.9. The van der Waals surface area contributed by atoms with Gasteiger partial charge in [-0.1, -0.05) is 81.4 Å². The van der Waals surface area contributed by atoms with E-state index in [1.807, 2.05) is 81.4 Å². The zero-order chi connectivity index (χ0) is 35.3. The van der Waals surface area contributed by atoms with Crippen LogP contribution in [-0.2, 0) is 41.4 Å². The topological polar surface area (TPSA) is 157 Å². The van der Waals surface area contributed by atoms with Gasteiger partial charge in [0.25, 0.3) is 5.91 Å². The van der Waals surface area contributed by atoms with E-state index in [2.05, 4.69) is 16.1 Å². The van der Waals surface area contributed by atoms with Crippen LogP contribution in [0, 0.1) is 23.2 Å². The number of aliphatic hydroxyl groups is 1. The molecule has 1 aliphatic carbocycles. The smallest absolute Gasteiger partial charge is 0.408 e. The summed E-state index contributed by atoms with van der Waals surface area (Å²) in [7, 11) is 0. The largest absolute Gasteiger partial charge is 0.445 e. The highest BCUT2D eigenvalue weighted by atomic mass is 16.7. The van der Waals surface area contributed by atoms with Crippen molar-refractivity contribution in [3.05, 3.63) is 71.8 Å². The predicted octanol–water partition coefficient (Wildman–Crippen LogP) is 3.16. The number of nitrogens with zero attached hydrogens (tertiary/aromatic N) is 1. The lowest BCUT2D eigenvalue weighted by Gasteiger charge is -2.35. The van der Waals surface area contributed by atoms with Crippen molar-refractivity contribution in [2.24, 2.45) is 23.2 Å². The number of carbonyl (C=O) groups excluding carboxylic acids is 3. The first-order valence-electron chi connectivity index (χ1n) is 17.6. The summed E-state index contributed by atoms with van der Waals surface area (Å²) in [4.78, 5) is 40.2. The molecule has 4 N–H and O–H groups in total. The Hall–Kier alpha value is -3.75. The molecule has 3 aliphatic heterocycles. The maximum Gasteiger partial charge on any atom is 0.408 e. The first-order valence-corrected chi connectivity index (χ1v) is 17.6. The van der Waals surface area contributed by atoms with Gasteiger partial charge in [-0.15, -0.1) is 0 Å². The summed E-state index contributed by atoms with van der Waals surface area (Å²) in [5.41, 5.74) is 4.07. The molecule has 4 fully saturated rings. The summed E-state index contributed by atoms with van der Waals surface area (Å²) < 4.78 is 28.4. The highest BCUT2D eigenvalue weighted by molar-refractivity contribution is 5.86. The molecule has 13 heteroatoms. The van der Waals surface area contributed by atoms with Crippen molar-refractivity contribution >= 4 is 18.1 Å². The molecule has 2 aromatic carbocycles. The highest BCUT2D eigenvalue weighted by Gasteiger charge is 2.56. The van der Waals surface area contributed by atoms with E-state index in [1.165, 1.54) is 0 Å². The van der Waals surface area contributed by atoms with Crippen molar-refractivity contribution in [3.8, 4) is 0 Å². The van der Waals surface area contributed by atoms with Gasteiger partial charge >= 0.3 is 12.2 Å². The van der Waals surface area contributed by atoms with Crippen LogP contribution < -0.4 is 16.1 Å². The Kier molecular flexibility index (Phi) is 11.6. The molecule has 9 unspecified atom stereocenters. The predicted molar refractivity (Wildman–Crippen MR) is 181 cm³/mol. The maximum absolute atomic E-state index is 13.9. The van der Waals surface area contributed by atoms with Crippen molar-refractivity contribution in [1.82, 2.24) is 21.1 Å². The molecule has 50 heavy (non-hydrogen) atoms. The van der Waals surface area contributed by atoms with E-state index in [0.29, 0.717) is 39.3 Å². The average Bonchev–Trinajstić information content (AvgIpc) is 3.81. The van der Waals surface area contributed by atoms with Gasteiger partial charge in [0, 0.05) is 37.3 Å². The number of rotatable bonds is 13. The van der Waals surface area contributed by atoms with Gasteiger partial charge in [0.15, 0.2) is 6.29 Å². The molecule has 13 nitrogen and oxygen atoms in total.